The maximum Gasteiger partial charge on any atom is 0.179 e. The van der Waals surface area contributed by atoms with Crippen molar-refractivity contribution in [1.29, 1.82) is 0 Å². The predicted octanol–water partition coefficient (Wildman–Crippen LogP) is -0.571. The van der Waals surface area contributed by atoms with E-state index in [2.05, 4.69) is 4.74 Å². The standard InChI is InChI=1S/C7H9ClO4/c1-12-4-2-3(9)5(8)7(11)6(4)10/h2,5-7,10-11H,1H3/t5-,6+,7?/m0/s1. The number of hydrogen-bond acceptors (Lipinski definition) is 4. The van der Waals surface area contributed by atoms with Crippen LogP contribution in [0.25, 0.3) is 0 Å². The molecule has 0 aromatic heterocycles. The van der Waals surface area contributed by atoms with E-state index in [1.807, 2.05) is 0 Å². The Kier molecular flexibility index (Phi) is 2.72. The van der Waals surface area contributed by atoms with E-state index in [1.165, 1.54) is 7.11 Å². The van der Waals surface area contributed by atoms with Crippen molar-refractivity contribution in [3.63, 3.8) is 0 Å². The molecule has 4 nitrogen and oxygen atoms in total. The van der Waals surface area contributed by atoms with Crippen molar-refractivity contribution in [2.45, 2.75) is 17.6 Å². The lowest BCUT2D eigenvalue weighted by Gasteiger charge is -2.26. The third kappa shape index (κ3) is 1.46. The molecule has 12 heavy (non-hydrogen) atoms. The molecule has 68 valence electrons. The summed E-state index contributed by atoms with van der Waals surface area (Å²) in [5.41, 5.74) is 0. The van der Waals surface area contributed by atoms with E-state index in [1.54, 1.807) is 0 Å². The fourth-order valence-electron chi connectivity index (χ4n) is 0.982. The van der Waals surface area contributed by atoms with Gasteiger partial charge in [-0.2, -0.15) is 0 Å². The Bertz CT molecular complexity index is 225. The summed E-state index contributed by atoms with van der Waals surface area (Å²) < 4.78 is 4.66. The van der Waals surface area contributed by atoms with Gasteiger partial charge in [-0.05, 0) is 0 Å². The van der Waals surface area contributed by atoms with Crippen molar-refractivity contribution in [1.82, 2.24) is 0 Å². The molecular formula is C7H9ClO4. The lowest BCUT2D eigenvalue weighted by atomic mass is 9.98. The highest BCUT2D eigenvalue weighted by Crippen LogP contribution is 2.21. The van der Waals surface area contributed by atoms with Crippen LogP contribution in [-0.4, -0.2) is 40.7 Å². The van der Waals surface area contributed by atoms with Crippen LogP contribution in [0.5, 0.6) is 0 Å². The Morgan fingerprint density at radius 3 is 2.67 bits per heavy atom. The number of alkyl halides is 1. The first kappa shape index (κ1) is 9.51. The van der Waals surface area contributed by atoms with Gasteiger partial charge in [0.1, 0.15) is 23.3 Å². The molecule has 0 heterocycles. The molecule has 0 saturated heterocycles. The third-order valence-corrected chi connectivity index (χ3v) is 2.18. The number of methoxy groups -OCH3 is 1. The number of allylic oxidation sites excluding steroid dienone is 1. The van der Waals surface area contributed by atoms with Gasteiger partial charge in [0.25, 0.3) is 0 Å². The van der Waals surface area contributed by atoms with Crippen LogP contribution in [0.15, 0.2) is 11.8 Å². The molecular weight excluding hydrogens is 184 g/mol. The largest absolute Gasteiger partial charge is 0.498 e. The smallest absolute Gasteiger partial charge is 0.179 e. The van der Waals surface area contributed by atoms with E-state index >= 15 is 0 Å². The van der Waals surface area contributed by atoms with Gasteiger partial charge in [-0.3, -0.25) is 4.79 Å². The molecule has 0 aliphatic heterocycles. The number of ether oxygens (including phenoxy) is 1. The fourth-order valence-corrected chi connectivity index (χ4v) is 1.18. The lowest BCUT2D eigenvalue weighted by molar-refractivity contribution is -0.119. The number of halogens is 1. The molecule has 0 radical (unpaired) electrons. The van der Waals surface area contributed by atoms with E-state index < -0.39 is 23.4 Å². The fraction of sp³-hybridized carbons (Fsp3) is 0.571. The van der Waals surface area contributed by atoms with Crippen molar-refractivity contribution < 1.29 is 19.7 Å². The summed E-state index contributed by atoms with van der Waals surface area (Å²) in [6.45, 7) is 0. The molecule has 0 aromatic rings. The summed E-state index contributed by atoms with van der Waals surface area (Å²) in [4.78, 5) is 11.0. The number of carbonyl (C=O) groups excluding carboxylic acids is 1. The first-order valence-corrected chi connectivity index (χ1v) is 3.81. The van der Waals surface area contributed by atoms with Crippen molar-refractivity contribution in [2.24, 2.45) is 0 Å². The molecule has 0 amide bonds. The Morgan fingerprint density at radius 2 is 2.17 bits per heavy atom. The third-order valence-electron chi connectivity index (χ3n) is 1.71. The van der Waals surface area contributed by atoms with Gasteiger partial charge >= 0.3 is 0 Å². The Labute approximate surface area is 74.4 Å². The summed E-state index contributed by atoms with van der Waals surface area (Å²) in [5, 5.41) is 17.4. The van der Waals surface area contributed by atoms with E-state index in [9.17, 15) is 15.0 Å². The van der Waals surface area contributed by atoms with Crippen LogP contribution in [0.3, 0.4) is 0 Å². The first-order valence-electron chi connectivity index (χ1n) is 3.37. The molecule has 0 aromatic carbocycles. The monoisotopic (exact) mass is 192 g/mol. The van der Waals surface area contributed by atoms with Gasteiger partial charge in [-0.25, -0.2) is 0 Å². The summed E-state index contributed by atoms with van der Waals surface area (Å²) in [6.07, 6.45) is -1.41. The maximum atomic E-state index is 11.0. The van der Waals surface area contributed by atoms with Crippen LogP contribution in [0, 0.1) is 0 Å². The Hall–Kier alpha value is -0.580. The van der Waals surface area contributed by atoms with Crippen molar-refractivity contribution in [3.8, 4) is 0 Å². The van der Waals surface area contributed by atoms with E-state index in [-0.39, 0.29) is 5.76 Å². The van der Waals surface area contributed by atoms with E-state index in [0.29, 0.717) is 0 Å². The van der Waals surface area contributed by atoms with Gasteiger partial charge in [-0.1, -0.05) is 0 Å². The molecule has 1 aliphatic rings. The average molecular weight is 193 g/mol. The minimum atomic E-state index is -1.29. The highest BCUT2D eigenvalue weighted by atomic mass is 35.5. The van der Waals surface area contributed by atoms with Crippen molar-refractivity contribution in [2.75, 3.05) is 7.11 Å². The van der Waals surface area contributed by atoms with Gasteiger partial charge in [-0.15, -0.1) is 11.6 Å². The zero-order valence-corrected chi connectivity index (χ0v) is 7.15. The number of hydrogen-bond donors (Lipinski definition) is 2. The van der Waals surface area contributed by atoms with Gasteiger partial charge in [0.15, 0.2) is 5.78 Å². The number of aliphatic hydroxyl groups excluding tert-OH is 2. The summed E-state index contributed by atoms with van der Waals surface area (Å²) in [5.74, 6) is -0.407. The molecule has 2 N–H and O–H groups in total. The molecule has 1 rings (SSSR count). The highest BCUT2D eigenvalue weighted by Gasteiger charge is 2.37. The predicted molar refractivity (Wildman–Crippen MR) is 41.8 cm³/mol. The number of carbonyl (C=O) groups is 1. The Balaban J connectivity index is 2.91. The average Bonchev–Trinajstić information content (AvgIpc) is 2.08. The lowest BCUT2D eigenvalue weighted by Crippen LogP contribution is -2.43. The van der Waals surface area contributed by atoms with Crippen LogP contribution >= 0.6 is 11.6 Å². The normalized spacial score (nSPS) is 36.2. The zero-order valence-electron chi connectivity index (χ0n) is 6.40. The van der Waals surface area contributed by atoms with Crippen LogP contribution in [0.2, 0.25) is 0 Å². The van der Waals surface area contributed by atoms with Gasteiger partial charge in [0.05, 0.1) is 7.11 Å². The van der Waals surface area contributed by atoms with Gasteiger partial charge in [0, 0.05) is 6.08 Å². The number of rotatable bonds is 1. The molecule has 5 heteroatoms. The zero-order chi connectivity index (χ0) is 9.30. The summed E-state index contributed by atoms with van der Waals surface area (Å²) in [6, 6.07) is 0. The molecule has 0 spiro atoms. The molecule has 3 atom stereocenters. The SMILES string of the molecule is COC1=CC(=O)[C@H](Cl)C(O)[C@@H]1O. The van der Waals surface area contributed by atoms with Crippen LogP contribution in [0.1, 0.15) is 0 Å². The second-order valence-corrected chi connectivity index (χ2v) is 2.96. The second-order valence-electron chi connectivity index (χ2n) is 2.49. The highest BCUT2D eigenvalue weighted by molar-refractivity contribution is 6.33. The number of ketones is 1. The molecule has 0 saturated carbocycles. The van der Waals surface area contributed by atoms with Crippen LogP contribution in [-0.2, 0) is 9.53 Å². The Morgan fingerprint density at radius 1 is 1.58 bits per heavy atom. The minimum absolute atomic E-state index is 0.0457. The van der Waals surface area contributed by atoms with Crippen LogP contribution < -0.4 is 0 Å². The van der Waals surface area contributed by atoms with E-state index in [4.69, 9.17) is 11.6 Å². The van der Waals surface area contributed by atoms with E-state index in [0.717, 1.165) is 6.08 Å². The summed E-state index contributed by atoms with van der Waals surface area (Å²) >= 11 is 5.48. The van der Waals surface area contributed by atoms with Gasteiger partial charge < -0.3 is 14.9 Å². The molecule has 0 bridgehead atoms. The quantitative estimate of drug-likeness (QED) is 0.546. The van der Waals surface area contributed by atoms with Crippen LogP contribution in [0.4, 0.5) is 0 Å². The topological polar surface area (TPSA) is 66.8 Å². The maximum absolute atomic E-state index is 11.0. The molecule has 1 aliphatic carbocycles. The number of aliphatic hydroxyl groups is 2. The molecule has 0 fully saturated rings. The summed E-state index contributed by atoms with van der Waals surface area (Å²) in [7, 11) is 1.31. The minimum Gasteiger partial charge on any atom is -0.498 e. The second kappa shape index (κ2) is 3.43. The van der Waals surface area contributed by atoms with Gasteiger partial charge in [0.2, 0.25) is 0 Å². The van der Waals surface area contributed by atoms with Crippen molar-refractivity contribution in [3.05, 3.63) is 11.8 Å². The van der Waals surface area contributed by atoms with Crippen molar-refractivity contribution >= 4 is 17.4 Å². The molecule has 1 unspecified atom stereocenters. The first-order chi connectivity index (χ1) is 5.57.